The Labute approximate surface area is 157 Å². The molecule has 0 aliphatic carbocycles. The summed E-state index contributed by atoms with van der Waals surface area (Å²) in [7, 11) is 2.89. The summed E-state index contributed by atoms with van der Waals surface area (Å²) < 4.78 is 6.12. The molecule has 0 spiro atoms. The van der Waals surface area contributed by atoms with Gasteiger partial charge in [-0.1, -0.05) is 44.2 Å². The number of carbonyl (C=O) groups is 3. The maximum atomic E-state index is 12.4. The van der Waals surface area contributed by atoms with Crippen LogP contribution < -0.4 is 10.6 Å². The molecule has 1 unspecified atom stereocenters. The second-order valence-corrected chi connectivity index (χ2v) is 6.47. The van der Waals surface area contributed by atoms with Crippen LogP contribution in [-0.2, 0) is 27.8 Å². The third-order valence-electron chi connectivity index (χ3n) is 4.00. The molecule has 27 heavy (non-hydrogen) atoms. The molecule has 144 valence electrons. The summed E-state index contributed by atoms with van der Waals surface area (Å²) >= 11 is 0. The van der Waals surface area contributed by atoms with Crippen molar-refractivity contribution >= 4 is 23.6 Å². The summed E-state index contributed by atoms with van der Waals surface area (Å²) in [6, 6.07) is 10.0. The maximum Gasteiger partial charge on any atom is 0.328 e. The second-order valence-electron chi connectivity index (χ2n) is 6.47. The number of nitrogens with one attached hydrogen (secondary N) is 2. The lowest BCUT2D eigenvalue weighted by Crippen LogP contribution is -2.45. The highest BCUT2D eigenvalue weighted by Crippen LogP contribution is 2.12. The standard InChI is InChI=1S/C19H24N4O4/c1-12(2)17(19(26)27-4)21-18(25)14-11-15(23(3)22-14)20-16(24)10-13-8-6-5-7-9-13/h5-9,11-12,17H,10H2,1-4H3,(H,20,24)(H,21,25). The van der Waals surface area contributed by atoms with Gasteiger partial charge < -0.3 is 15.4 Å². The fraction of sp³-hybridized carbons (Fsp3) is 0.368. The average molecular weight is 372 g/mol. The molecular weight excluding hydrogens is 348 g/mol. The molecule has 0 fully saturated rings. The van der Waals surface area contributed by atoms with E-state index >= 15 is 0 Å². The molecule has 0 radical (unpaired) electrons. The summed E-state index contributed by atoms with van der Waals surface area (Å²) in [5.74, 6) is -1.01. The summed E-state index contributed by atoms with van der Waals surface area (Å²) in [4.78, 5) is 36.4. The smallest absolute Gasteiger partial charge is 0.328 e. The van der Waals surface area contributed by atoms with Crippen molar-refractivity contribution in [1.82, 2.24) is 15.1 Å². The van der Waals surface area contributed by atoms with E-state index in [1.807, 2.05) is 30.3 Å². The quantitative estimate of drug-likeness (QED) is 0.718. The van der Waals surface area contributed by atoms with Crippen LogP contribution in [0.3, 0.4) is 0 Å². The molecule has 1 atom stereocenters. The number of carbonyl (C=O) groups excluding carboxylic acids is 3. The number of hydrogen-bond donors (Lipinski definition) is 2. The van der Waals surface area contributed by atoms with Gasteiger partial charge in [0.1, 0.15) is 11.9 Å². The Morgan fingerprint density at radius 3 is 2.44 bits per heavy atom. The zero-order valence-electron chi connectivity index (χ0n) is 15.9. The number of hydrogen-bond acceptors (Lipinski definition) is 5. The number of aryl methyl sites for hydroxylation is 1. The Balaban J connectivity index is 2.05. The van der Waals surface area contributed by atoms with Crippen LogP contribution in [0.2, 0.25) is 0 Å². The van der Waals surface area contributed by atoms with Crippen molar-refractivity contribution in [1.29, 1.82) is 0 Å². The molecule has 2 rings (SSSR count). The second kappa shape index (κ2) is 8.98. The van der Waals surface area contributed by atoms with E-state index in [1.165, 1.54) is 17.9 Å². The Morgan fingerprint density at radius 2 is 1.85 bits per heavy atom. The van der Waals surface area contributed by atoms with Gasteiger partial charge in [-0.25, -0.2) is 4.79 Å². The van der Waals surface area contributed by atoms with Gasteiger partial charge in [0.2, 0.25) is 5.91 Å². The van der Waals surface area contributed by atoms with Crippen molar-refractivity contribution in [2.24, 2.45) is 13.0 Å². The van der Waals surface area contributed by atoms with Crippen LogP contribution in [0.4, 0.5) is 5.82 Å². The summed E-state index contributed by atoms with van der Waals surface area (Å²) in [5.41, 5.74) is 0.982. The molecule has 1 heterocycles. The number of nitrogens with zero attached hydrogens (tertiary/aromatic N) is 2. The monoisotopic (exact) mass is 372 g/mol. The Hall–Kier alpha value is -3.16. The lowest BCUT2D eigenvalue weighted by molar-refractivity contribution is -0.144. The molecule has 0 aliphatic rings. The molecule has 2 N–H and O–H groups in total. The topological polar surface area (TPSA) is 102 Å². The SMILES string of the molecule is COC(=O)C(NC(=O)c1cc(NC(=O)Cc2ccccc2)n(C)n1)C(C)C. The van der Waals surface area contributed by atoms with Crippen molar-refractivity contribution in [3.8, 4) is 0 Å². The van der Waals surface area contributed by atoms with Crippen LogP contribution in [-0.4, -0.2) is 40.7 Å². The molecule has 2 aromatic rings. The van der Waals surface area contributed by atoms with Gasteiger partial charge in [0.05, 0.1) is 13.5 Å². The van der Waals surface area contributed by atoms with Gasteiger partial charge in [0.25, 0.3) is 5.91 Å². The first-order valence-corrected chi connectivity index (χ1v) is 8.58. The Kier molecular flexibility index (Phi) is 6.70. The first kappa shape index (κ1) is 20.2. The van der Waals surface area contributed by atoms with Gasteiger partial charge >= 0.3 is 5.97 Å². The van der Waals surface area contributed by atoms with E-state index in [2.05, 4.69) is 15.7 Å². The number of esters is 1. The van der Waals surface area contributed by atoms with E-state index < -0.39 is 17.9 Å². The normalized spacial score (nSPS) is 11.7. The number of ether oxygens (including phenoxy) is 1. The minimum atomic E-state index is -0.777. The number of anilines is 1. The fourth-order valence-corrected chi connectivity index (χ4v) is 2.50. The molecule has 1 aromatic carbocycles. The molecule has 1 aromatic heterocycles. The predicted molar refractivity (Wildman–Crippen MR) is 100 cm³/mol. The van der Waals surface area contributed by atoms with Crippen molar-refractivity contribution in [2.45, 2.75) is 26.3 Å². The van der Waals surface area contributed by atoms with Crippen LogP contribution >= 0.6 is 0 Å². The van der Waals surface area contributed by atoms with Crippen LogP contribution in [0, 0.1) is 5.92 Å². The fourth-order valence-electron chi connectivity index (χ4n) is 2.50. The van der Waals surface area contributed by atoms with Crippen molar-refractivity contribution in [3.63, 3.8) is 0 Å². The van der Waals surface area contributed by atoms with E-state index in [1.54, 1.807) is 20.9 Å². The largest absolute Gasteiger partial charge is 0.467 e. The van der Waals surface area contributed by atoms with Crippen molar-refractivity contribution < 1.29 is 19.1 Å². The lowest BCUT2D eigenvalue weighted by Gasteiger charge is -2.19. The number of aromatic nitrogens is 2. The van der Waals surface area contributed by atoms with Gasteiger partial charge in [-0.15, -0.1) is 0 Å². The number of benzene rings is 1. The maximum absolute atomic E-state index is 12.4. The van der Waals surface area contributed by atoms with Crippen LogP contribution in [0.1, 0.15) is 29.9 Å². The van der Waals surface area contributed by atoms with Gasteiger partial charge in [0, 0.05) is 13.1 Å². The van der Waals surface area contributed by atoms with E-state index in [-0.39, 0.29) is 23.9 Å². The van der Waals surface area contributed by atoms with Crippen molar-refractivity contribution in [2.75, 3.05) is 12.4 Å². The number of amides is 2. The number of rotatable bonds is 7. The van der Waals surface area contributed by atoms with E-state index in [0.29, 0.717) is 5.82 Å². The van der Waals surface area contributed by atoms with Gasteiger partial charge in [-0.3, -0.25) is 14.3 Å². The van der Waals surface area contributed by atoms with E-state index in [0.717, 1.165) is 5.56 Å². The highest BCUT2D eigenvalue weighted by atomic mass is 16.5. The molecular formula is C19H24N4O4. The van der Waals surface area contributed by atoms with Gasteiger partial charge in [0.15, 0.2) is 5.69 Å². The molecule has 2 amide bonds. The molecule has 8 heteroatoms. The molecule has 0 bridgehead atoms. The lowest BCUT2D eigenvalue weighted by atomic mass is 10.0. The molecule has 8 nitrogen and oxygen atoms in total. The van der Waals surface area contributed by atoms with Crippen molar-refractivity contribution in [3.05, 3.63) is 47.7 Å². The third kappa shape index (κ3) is 5.40. The third-order valence-corrected chi connectivity index (χ3v) is 4.00. The van der Waals surface area contributed by atoms with Gasteiger partial charge in [-0.05, 0) is 11.5 Å². The average Bonchev–Trinajstić information content (AvgIpc) is 3.00. The Bertz CT molecular complexity index is 814. The molecule has 0 aliphatic heterocycles. The zero-order valence-corrected chi connectivity index (χ0v) is 15.9. The summed E-state index contributed by atoms with van der Waals surface area (Å²) in [5, 5.41) is 9.46. The molecule has 0 saturated carbocycles. The summed E-state index contributed by atoms with van der Waals surface area (Å²) in [6.45, 7) is 3.60. The first-order chi connectivity index (χ1) is 12.8. The number of methoxy groups -OCH3 is 1. The Morgan fingerprint density at radius 1 is 1.19 bits per heavy atom. The highest BCUT2D eigenvalue weighted by Gasteiger charge is 2.26. The van der Waals surface area contributed by atoms with Crippen LogP contribution in [0.25, 0.3) is 0 Å². The highest BCUT2D eigenvalue weighted by molar-refractivity contribution is 5.97. The first-order valence-electron chi connectivity index (χ1n) is 8.58. The summed E-state index contributed by atoms with van der Waals surface area (Å²) in [6.07, 6.45) is 0.214. The van der Waals surface area contributed by atoms with Crippen LogP contribution in [0.5, 0.6) is 0 Å². The zero-order chi connectivity index (χ0) is 20.0. The predicted octanol–water partition coefficient (Wildman–Crippen LogP) is 1.53. The van der Waals surface area contributed by atoms with E-state index in [4.69, 9.17) is 4.74 Å². The van der Waals surface area contributed by atoms with Gasteiger partial charge in [-0.2, -0.15) is 5.10 Å². The minimum absolute atomic E-state index is 0.0991. The minimum Gasteiger partial charge on any atom is -0.467 e. The molecule has 0 saturated heterocycles. The van der Waals surface area contributed by atoms with E-state index in [9.17, 15) is 14.4 Å². The van der Waals surface area contributed by atoms with Crippen LogP contribution in [0.15, 0.2) is 36.4 Å².